The van der Waals surface area contributed by atoms with Crippen LogP contribution in [0.4, 0.5) is 0 Å². The quantitative estimate of drug-likeness (QED) is 0.768. The lowest BCUT2D eigenvalue weighted by atomic mass is 9.82. The molecule has 0 aromatic heterocycles. The Hall–Kier alpha value is -0.600. The highest BCUT2D eigenvalue weighted by Gasteiger charge is 2.30. The molecule has 1 fully saturated rings. The SMILES string of the molecule is CCCC1=CC=C(C2CNCC2CNC(C)C)CC1. The first-order valence-corrected chi connectivity index (χ1v) is 8.03. The Morgan fingerprint density at radius 2 is 2.11 bits per heavy atom. The fourth-order valence-corrected chi connectivity index (χ4v) is 3.30. The molecule has 0 amide bonds. The van der Waals surface area contributed by atoms with Gasteiger partial charge in [-0.05, 0) is 37.6 Å². The van der Waals surface area contributed by atoms with Crippen molar-refractivity contribution < 1.29 is 0 Å². The smallest absolute Gasteiger partial charge is 0.00207 e. The van der Waals surface area contributed by atoms with E-state index >= 15 is 0 Å². The van der Waals surface area contributed by atoms with E-state index in [1.54, 1.807) is 11.1 Å². The highest BCUT2D eigenvalue weighted by Crippen LogP contribution is 2.32. The van der Waals surface area contributed by atoms with Gasteiger partial charge in [-0.25, -0.2) is 0 Å². The molecule has 19 heavy (non-hydrogen) atoms. The van der Waals surface area contributed by atoms with E-state index in [9.17, 15) is 0 Å². The zero-order chi connectivity index (χ0) is 13.7. The Bertz CT molecular complexity index is 341. The van der Waals surface area contributed by atoms with Gasteiger partial charge in [-0.15, -0.1) is 0 Å². The van der Waals surface area contributed by atoms with Crippen molar-refractivity contribution >= 4 is 0 Å². The Labute approximate surface area is 118 Å². The first kappa shape index (κ1) is 14.8. The number of nitrogens with one attached hydrogen (secondary N) is 2. The largest absolute Gasteiger partial charge is 0.316 e. The highest BCUT2D eigenvalue weighted by molar-refractivity contribution is 5.27. The molecule has 2 aliphatic rings. The van der Waals surface area contributed by atoms with Crippen molar-refractivity contribution in [2.75, 3.05) is 19.6 Å². The fraction of sp³-hybridized carbons (Fsp3) is 0.765. The topological polar surface area (TPSA) is 24.1 Å². The second-order valence-electron chi connectivity index (χ2n) is 6.40. The molecule has 1 heterocycles. The van der Waals surface area contributed by atoms with Crippen molar-refractivity contribution in [2.24, 2.45) is 11.8 Å². The number of hydrogen-bond acceptors (Lipinski definition) is 2. The molecule has 0 saturated carbocycles. The van der Waals surface area contributed by atoms with Gasteiger partial charge in [0.15, 0.2) is 0 Å². The van der Waals surface area contributed by atoms with E-state index in [0.29, 0.717) is 6.04 Å². The normalized spacial score (nSPS) is 27.6. The van der Waals surface area contributed by atoms with Crippen LogP contribution in [0.5, 0.6) is 0 Å². The molecule has 2 atom stereocenters. The molecule has 108 valence electrons. The van der Waals surface area contributed by atoms with Gasteiger partial charge in [-0.2, -0.15) is 0 Å². The molecule has 1 aliphatic heterocycles. The van der Waals surface area contributed by atoms with Gasteiger partial charge in [0, 0.05) is 19.1 Å². The summed E-state index contributed by atoms with van der Waals surface area (Å²) in [5.74, 6) is 1.53. The minimum Gasteiger partial charge on any atom is -0.316 e. The van der Waals surface area contributed by atoms with Crippen molar-refractivity contribution in [3.05, 3.63) is 23.3 Å². The molecule has 2 N–H and O–H groups in total. The Balaban J connectivity index is 1.93. The van der Waals surface area contributed by atoms with Crippen molar-refractivity contribution in [3.8, 4) is 0 Å². The Morgan fingerprint density at radius 1 is 1.26 bits per heavy atom. The van der Waals surface area contributed by atoms with Crippen LogP contribution in [0.25, 0.3) is 0 Å². The number of rotatable bonds is 6. The molecule has 2 rings (SSSR count). The summed E-state index contributed by atoms with van der Waals surface area (Å²) in [4.78, 5) is 0. The minimum atomic E-state index is 0.595. The summed E-state index contributed by atoms with van der Waals surface area (Å²) in [5.41, 5.74) is 3.33. The van der Waals surface area contributed by atoms with Crippen LogP contribution in [-0.4, -0.2) is 25.7 Å². The minimum absolute atomic E-state index is 0.595. The van der Waals surface area contributed by atoms with Crippen LogP contribution in [-0.2, 0) is 0 Å². The summed E-state index contributed by atoms with van der Waals surface area (Å²) in [7, 11) is 0. The molecule has 0 aromatic rings. The molecule has 1 aliphatic carbocycles. The summed E-state index contributed by atoms with van der Waals surface area (Å²) < 4.78 is 0. The van der Waals surface area contributed by atoms with E-state index in [0.717, 1.165) is 18.4 Å². The fourth-order valence-electron chi connectivity index (χ4n) is 3.30. The molecule has 2 unspecified atom stereocenters. The van der Waals surface area contributed by atoms with Gasteiger partial charge < -0.3 is 10.6 Å². The van der Waals surface area contributed by atoms with E-state index in [-0.39, 0.29) is 0 Å². The van der Waals surface area contributed by atoms with Crippen LogP contribution in [0.15, 0.2) is 23.3 Å². The monoisotopic (exact) mass is 262 g/mol. The van der Waals surface area contributed by atoms with Gasteiger partial charge in [-0.3, -0.25) is 0 Å². The standard InChI is InChI=1S/C17H30N2/c1-4-5-14-6-8-15(9-7-14)17-12-18-10-16(17)11-19-13(2)3/h6,8,13,16-19H,4-5,7,9-12H2,1-3H3. The van der Waals surface area contributed by atoms with Crippen LogP contribution < -0.4 is 10.6 Å². The van der Waals surface area contributed by atoms with E-state index in [2.05, 4.69) is 43.6 Å². The maximum absolute atomic E-state index is 3.60. The van der Waals surface area contributed by atoms with Crippen LogP contribution in [0.3, 0.4) is 0 Å². The molecule has 1 saturated heterocycles. The number of hydrogen-bond donors (Lipinski definition) is 2. The first-order chi connectivity index (χ1) is 9.20. The summed E-state index contributed by atoms with van der Waals surface area (Å²) >= 11 is 0. The Morgan fingerprint density at radius 3 is 2.74 bits per heavy atom. The Kier molecular flexibility index (Phi) is 5.65. The lowest BCUT2D eigenvalue weighted by Crippen LogP contribution is -2.33. The molecular formula is C17H30N2. The van der Waals surface area contributed by atoms with E-state index in [1.807, 2.05) is 0 Å². The molecule has 2 nitrogen and oxygen atoms in total. The van der Waals surface area contributed by atoms with Crippen molar-refractivity contribution in [3.63, 3.8) is 0 Å². The molecule has 0 radical (unpaired) electrons. The lowest BCUT2D eigenvalue weighted by molar-refractivity contribution is 0.409. The molecule has 0 bridgehead atoms. The summed E-state index contributed by atoms with van der Waals surface area (Å²) in [6, 6.07) is 0.595. The molecular weight excluding hydrogens is 232 g/mol. The van der Waals surface area contributed by atoms with Gasteiger partial charge in [0.1, 0.15) is 0 Å². The van der Waals surface area contributed by atoms with Gasteiger partial charge in [0.05, 0.1) is 0 Å². The van der Waals surface area contributed by atoms with Gasteiger partial charge in [0.2, 0.25) is 0 Å². The predicted molar refractivity (Wildman–Crippen MR) is 83.3 cm³/mol. The molecule has 0 spiro atoms. The van der Waals surface area contributed by atoms with E-state index in [1.165, 1.54) is 38.8 Å². The van der Waals surface area contributed by atoms with Crippen molar-refractivity contribution in [2.45, 2.75) is 52.5 Å². The maximum atomic E-state index is 3.60. The molecule has 0 aromatic carbocycles. The third-order valence-corrected chi connectivity index (χ3v) is 4.44. The van der Waals surface area contributed by atoms with Crippen LogP contribution in [0.2, 0.25) is 0 Å². The third-order valence-electron chi connectivity index (χ3n) is 4.44. The number of allylic oxidation sites excluding steroid dienone is 3. The summed E-state index contributed by atoms with van der Waals surface area (Å²) in [6.45, 7) is 10.2. The van der Waals surface area contributed by atoms with Gasteiger partial charge in [0.25, 0.3) is 0 Å². The van der Waals surface area contributed by atoms with Crippen LogP contribution in [0, 0.1) is 11.8 Å². The third kappa shape index (κ3) is 4.19. The van der Waals surface area contributed by atoms with Crippen molar-refractivity contribution in [1.82, 2.24) is 10.6 Å². The zero-order valence-corrected chi connectivity index (χ0v) is 12.8. The van der Waals surface area contributed by atoms with Crippen LogP contribution in [0.1, 0.15) is 46.5 Å². The molecule has 2 heteroatoms. The van der Waals surface area contributed by atoms with Gasteiger partial charge >= 0.3 is 0 Å². The second-order valence-corrected chi connectivity index (χ2v) is 6.40. The summed E-state index contributed by atoms with van der Waals surface area (Å²) in [5, 5.41) is 7.18. The average Bonchev–Trinajstić information content (AvgIpc) is 2.86. The predicted octanol–water partition coefficient (Wildman–Crippen LogP) is 3.27. The van der Waals surface area contributed by atoms with E-state index in [4.69, 9.17) is 0 Å². The van der Waals surface area contributed by atoms with Gasteiger partial charge in [-0.1, -0.05) is 50.5 Å². The second kappa shape index (κ2) is 7.25. The zero-order valence-electron chi connectivity index (χ0n) is 12.8. The van der Waals surface area contributed by atoms with Crippen molar-refractivity contribution in [1.29, 1.82) is 0 Å². The first-order valence-electron chi connectivity index (χ1n) is 8.03. The maximum Gasteiger partial charge on any atom is 0.00207 e. The summed E-state index contributed by atoms with van der Waals surface area (Å²) in [6.07, 6.45) is 9.96. The lowest BCUT2D eigenvalue weighted by Gasteiger charge is -2.25. The highest BCUT2D eigenvalue weighted by atomic mass is 15.0. The van der Waals surface area contributed by atoms with Crippen LogP contribution >= 0.6 is 0 Å². The average molecular weight is 262 g/mol. The van der Waals surface area contributed by atoms with E-state index < -0.39 is 0 Å².